The Hall–Kier alpha value is -3.52. The molecule has 25 heavy (non-hydrogen) atoms. The smallest absolute Gasteiger partial charge is 0.335 e. The van der Waals surface area contributed by atoms with Gasteiger partial charge in [-0.3, -0.25) is 5.32 Å². The third kappa shape index (κ3) is 5.56. The number of anilines is 2. The fourth-order valence-electron chi connectivity index (χ4n) is 1.87. The van der Waals surface area contributed by atoms with E-state index in [1.807, 2.05) is 19.1 Å². The van der Waals surface area contributed by atoms with E-state index in [1.54, 1.807) is 24.3 Å². The molecule has 8 nitrogen and oxygen atoms in total. The molecule has 0 heterocycles. The second kappa shape index (κ2) is 8.37. The number of carboxylic acid groups (broad SMARTS) is 1. The Morgan fingerprint density at radius 1 is 1.04 bits per heavy atom. The minimum absolute atomic E-state index is 0.0214. The van der Waals surface area contributed by atoms with Crippen LogP contribution in [-0.4, -0.2) is 17.1 Å². The normalized spacial score (nSPS) is 10.7. The van der Waals surface area contributed by atoms with Gasteiger partial charge >= 0.3 is 12.0 Å². The minimum Gasteiger partial charge on any atom is -0.478 e. The van der Waals surface area contributed by atoms with Gasteiger partial charge < -0.3 is 20.6 Å². The summed E-state index contributed by atoms with van der Waals surface area (Å²) in [5.74, 6) is 4.10. The second-order valence-electron chi connectivity index (χ2n) is 5.10. The van der Waals surface area contributed by atoms with Crippen molar-refractivity contribution >= 4 is 23.4 Å². The summed E-state index contributed by atoms with van der Waals surface area (Å²) in [5, 5.41) is 16.7. The highest BCUT2D eigenvalue weighted by Gasteiger charge is 2.06. The van der Waals surface area contributed by atoms with Gasteiger partial charge in [0.25, 0.3) is 0 Å². The van der Waals surface area contributed by atoms with E-state index in [0.717, 1.165) is 5.56 Å². The van der Waals surface area contributed by atoms with Crippen molar-refractivity contribution in [3.8, 4) is 0 Å². The van der Waals surface area contributed by atoms with E-state index in [2.05, 4.69) is 20.8 Å². The summed E-state index contributed by atoms with van der Waals surface area (Å²) in [7, 11) is 0. The molecule has 130 valence electrons. The number of aryl methyl sites for hydroxylation is 1. The van der Waals surface area contributed by atoms with Gasteiger partial charge in [-0.05, 0) is 43.3 Å². The molecule has 0 aliphatic heterocycles. The molecule has 0 saturated heterocycles. The molecule has 0 fully saturated rings. The number of hydrogen-bond acceptors (Lipinski definition) is 5. The SMILES string of the molecule is Cc1ccc(NC(=O)N/C(=C/Nc2ccc(C(=O)O)cc2)ON)cc1. The van der Waals surface area contributed by atoms with Crippen molar-refractivity contribution in [1.29, 1.82) is 0 Å². The lowest BCUT2D eigenvalue weighted by Crippen LogP contribution is -2.30. The fourth-order valence-corrected chi connectivity index (χ4v) is 1.87. The van der Waals surface area contributed by atoms with Crippen LogP contribution in [-0.2, 0) is 4.84 Å². The number of carbonyl (C=O) groups is 2. The molecule has 0 atom stereocenters. The Bertz CT molecular complexity index is 770. The van der Waals surface area contributed by atoms with Gasteiger partial charge in [0.2, 0.25) is 5.88 Å². The molecule has 0 saturated carbocycles. The average molecular weight is 342 g/mol. The van der Waals surface area contributed by atoms with Crippen LogP contribution in [0.5, 0.6) is 0 Å². The Kier molecular flexibility index (Phi) is 5.97. The number of carbonyl (C=O) groups excluding carboxylic acids is 1. The monoisotopic (exact) mass is 342 g/mol. The zero-order chi connectivity index (χ0) is 18.2. The number of amides is 2. The van der Waals surface area contributed by atoms with Crippen LogP contribution in [0.3, 0.4) is 0 Å². The van der Waals surface area contributed by atoms with E-state index in [-0.39, 0.29) is 11.4 Å². The van der Waals surface area contributed by atoms with Gasteiger partial charge in [-0.1, -0.05) is 17.7 Å². The highest BCUT2D eigenvalue weighted by Crippen LogP contribution is 2.10. The molecule has 8 heteroatoms. The first-order valence-electron chi connectivity index (χ1n) is 7.29. The average Bonchev–Trinajstić information content (AvgIpc) is 2.61. The van der Waals surface area contributed by atoms with E-state index in [4.69, 9.17) is 11.0 Å². The van der Waals surface area contributed by atoms with Crippen LogP contribution in [0.1, 0.15) is 15.9 Å². The third-order valence-corrected chi connectivity index (χ3v) is 3.17. The van der Waals surface area contributed by atoms with Crippen LogP contribution < -0.4 is 21.8 Å². The van der Waals surface area contributed by atoms with Gasteiger partial charge in [0, 0.05) is 11.4 Å². The van der Waals surface area contributed by atoms with Crippen molar-refractivity contribution in [2.75, 3.05) is 10.6 Å². The Morgan fingerprint density at radius 3 is 2.20 bits per heavy atom. The van der Waals surface area contributed by atoms with Crippen molar-refractivity contribution in [2.45, 2.75) is 6.92 Å². The van der Waals surface area contributed by atoms with E-state index in [1.165, 1.54) is 18.3 Å². The predicted octanol–water partition coefficient (Wildman–Crippen LogP) is 2.62. The van der Waals surface area contributed by atoms with Crippen LogP contribution in [0, 0.1) is 6.92 Å². The van der Waals surface area contributed by atoms with E-state index in [9.17, 15) is 9.59 Å². The topological polar surface area (TPSA) is 126 Å². The first-order valence-corrected chi connectivity index (χ1v) is 7.29. The molecule has 0 aromatic heterocycles. The molecule has 2 aromatic carbocycles. The van der Waals surface area contributed by atoms with Crippen molar-refractivity contribution in [1.82, 2.24) is 5.32 Å². The van der Waals surface area contributed by atoms with Gasteiger partial charge in [0.05, 0.1) is 11.8 Å². The third-order valence-electron chi connectivity index (χ3n) is 3.17. The zero-order valence-electron chi connectivity index (χ0n) is 13.4. The van der Waals surface area contributed by atoms with E-state index in [0.29, 0.717) is 11.4 Å². The number of carboxylic acids is 1. The lowest BCUT2D eigenvalue weighted by atomic mass is 10.2. The van der Waals surface area contributed by atoms with Crippen LogP contribution in [0.4, 0.5) is 16.2 Å². The van der Waals surface area contributed by atoms with Crippen molar-refractivity contribution in [3.63, 3.8) is 0 Å². The largest absolute Gasteiger partial charge is 0.478 e. The van der Waals surface area contributed by atoms with E-state index >= 15 is 0 Å². The van der Waals surface area contributed by atoms with Gasteiger partial charge in [0.15, 0.2) is 0 Å². The summed E-state index contributed by atoms with van der Waals surface area (Å²) in [6, 6.07) is 12.8. The van der Waals surface area contributed by atoms with Crippen LogP contribution in [0.25, 0.3) is 0 Å². The highest BCUT2D eigenvalue weighted by atomic mass is 16.6. The van der Waals surface area contributed by atoms with Gasteiger partial charge in [-0.15, -0.1) is 0 Å². The molecule has 0 unspecified atom stereocenters. The summed E-state index contributed by atoms with van der Waals surface area (Å²) < 4.78 is 0. The van der Waals surface area contributed by atoms with Crippen molar-refractivity contribution in [2.24, 2.45) is 5.90 Å². The Balaban J connectivity index is 1.93. The number of rotatable bonds is 6. The number of nitrogens with one attached hydrogen (secondary N) is 3. The lowest BCUT2D eigenvalue weighted by molar-refractivity contribution is 0.0697. The van der Waals surface area contributed by atoms with E-state index < -0.39 is 12.0 Å². The molecular weight excluding hydrogens is 324 g/mol. The van der Waals surface area contributed by atoms with Crippen LogP contribution in [0.2, 0.25) is 0 Å². The van der Waals surface area contributed by atoms with Crippen LogP contribution in [0.15, 0.2) is 60.6 Å². The zero-order valence-corrected chi connectivity index (χ0v) is 13.4. The van der Waals surface area contributed by atoms with Crippen LogP contribution >= 0.6 is 0 Å². The maximum absolute atomic E-state index is 11.9. The number of aromatic carboxylic acids is 1. The molecule has 0 bridgehead atoms. The summed E-state index contributed by atoms with van der Waals surface area (Å²) in [6.07, 6.45) is 1.34. The molecule has 0 aliphatic rings. The first kappa shape index (κ1) is 17.8. The van der Waals surface area contributed by atoms with Crippen molar-refractivity contribution < 1.29 is 19.5 Å². The molecule has 2 aromatic rings. The second-order valence-corrected chi connectivity index (χ2v) is 5.10. The highest BCUT2D eigenvalue weighted by molar-refractivity contribution is 5.90. The number of hydrogen-bond donors (Lipinski definition) is 5. The van der Waals surface area contributed by atoms with Gasteiger partial charge in [0.1, 0.15) is 0 Å². The Morgan fingerprint density at radius 2 is 1.64 bits per heavy atom. The lowest BCUT2D eigenvalue weighted by Gasteiger charge is -2.10. The Labute approximate surface area is 144 Å². The number of urea groups is 1. The quantitative estimate of drug-likeness (QED) is 0.406. The molecular formula is C17H18N4O4. The minimum atomic E-state index is -1.01. The first-order chi connectivity index (χ1) is 12.0. The summed E-state index contributed by atoms with van der Waals surface area (Å²) in [6.45, 7) is 1.95. The molecule has 2 rings (SSSR count). The molecule has 6 N–H and O–H groups in total. The maximum atomic E-state index is 11.9. The molecule has 2 amide bonds. The summed E-state index contributed by atoms with van der Waals surface area (Å²) in [5.41, 5.74) is 2.47. The standard InChI is InChI=1S/C17H18N4O4/c1-11-2-6-14(7-3-11)20-17(24)21-15(25-18)10-19-13-8-4-12(5-9-13)16(22)23/h2-10,19H,18H2,1H3,(H,22,23)(H2,20,21,24)/b15-10-. The number of benzene rings is 2. The molecule has 0 spiro atoms. The summed E-state index contributed by atoms with van der Waals surface area (Å²) >= 11 is 0. The van der Waals surface area contributed by atoms with Crippen molar-refractivity contribution in [3.05, 3.63) is 71.7 Å². The molecule has 0 radical (unpaired) electrons. The molecule has 0 aliphatic carbocycles. The fraction of sp³-hybridized carbons (Fsp3) is 0.0588. The summed E-state index contributed by atoms with van der Waals surface area (Å²) in [4.78, 5) is 27.3. The number of nitrogens with two attached hydrogens (primary N) is 1. The maximum Gasteiger partial charge on any atom is 0.335 e. The van der Waals surface area contributed by atoms with Gasteiger partial charge in [-0.25, -0.2) is 9.59 Å². The van der Waals surface area contributed by atoms with Gasteiger partial charge in [-0.2, -0.15) is 5.90 Å². The predicted molar refractivity (Wildman–Crippen MR) is 93.7 cm³/mol.